The number of amides is 4. The van der Waals surface area contributed by atoms with E-state index in [1.165, 1.54) is 29.2 Å². The number of nitrogens with zero attached hydrogens (tertiary/aromatic N) is 2. The zero-order chi connectivity index (χ0) is 22.2. The van der Waals surface area contributed by atoms with Crippen LogP contribution in [0.2, 0.25) is 0 Å². The highest BCUT2D eigenvalue weighted by atomic mass is 19.4. The van der Waals surface area contributed by atoms with E-state index in [0.29, 0.717) is 24.9 Å². The molecule has 0 bridgehead atoms. The molecule has 31 heavy (non-hydrogen) atoms. The zero-order valence-electron chi connectivity index (χ0n) is 16.9. The number of likely N-dealkylation sites (tertiary alicyclic amines) is 1. The van der Waals surface area contributed by atoms with Gasteiger partial charge in [0.2, 0.25) is 5.91 Å². The predicted octanol–water partition coefficient (Wildman–Crippen LogP) is 3.19. The van der Waals surface area contributed by atoms with Gasteiger partial charge >= 0.3 is 12.4 Å². The fourth-order valence-corrected chi connectivity index (χ4v) is 4.74. The molecule has 2 aliphatic heterocycles. The van der Waals surface area contributed by atoms with E-state index in [1.807, 2.05) is 0 Å². The Morgan fingerprint density at radius 1 is 1.06 bits per heavy atom. The first kappa shape index (κ1) is 21.5. The standard InChI is InChI=1S/C21H24F3N3O4/c22-21(23,24)31-16-6-4-14(5-7-16)11-26-12-15(10-17(26)28)13-27-18(29)20(25-19(27)30)8-2-1-3-9-20/h4-7,15H,1-3,8-13H2,(H,25,30). The van der Waals surface area contributed by atoms with Gasteiger partial charge in [0.1, 0.15) is 11.3 Å². The van der Waals surface area contributed by atoms with Crippen molar-refractivity contribution < 1.29 is 32.3 Å². The van der Waals surface area contributed by atoms with Crippen LogP contribution in [0.25, 0.3) is 0 Å². The van der Waals surface area contributed by atoms with Crippen molar-refractivity contribution in [2.24, 2.45) is 5.92 Å². The molecule has 1 spiro atoms. The minimum atomic E-state index is -4.75. The van der Waals surface area contributed by atoms with Crippen LogP contribution in [0.1, 0.15) is 44.1 Å². The lowest BCUT2D eigenvalue weighted by Crippen LogP contribution is -2.48. The molecule has 1 unspecified atom stereocenters. The smallest absolute Gasteiger partial charge is 0.406 e. The summed E-state index contributed by atoms with van der Waals surface area (Å²) in [5, 5.41) is 2.87. The number of hydrogen-bond donors (Lipinski definition) is 1. The number of hydrogen-bond acceptors (Lipinski definition) is 4. The summed E-state index contributed by atoms with van der Waals surface area (Å²) in [5.74, 6) is -0.797. The highest BCUT2D eigenvalue weighted by Crippen LogP contribution is 2.34. The molecule has 1 N–H and O–H groups in total. The molecule has 2 heterocycles. The van der Waals surface area contributed by atoms with Crippen LogP contribution in [-0.4, -0.2) is 52.6 Å². The highest BCUT2D eigenvalue weighted by molar-refractivity contribution is 6.07. The number of nitrogens with one attached hydrogen (secondary N) is 1. The van der Waals surface area contributed by atoms with Crippen molar-refractivity contribution in [2.45, 2.75) is 57.0 Å². The molecular formula is C21H24F3N3O4. The van der Waals surface area contributed by atoms with Gasteiger partial charge in [-0.1, -0.05) is 31.4 Å². The van der Waals surface area contributed by atoms with Crippen molar-refractivity contribution >= 4 is 17.8 Å². The Morgan fingerprint density at radius 3 is 2.39 bits per heavy atom. The van der Waals surface area contributed by atoms with Gasteiger partial charge in [0.15, 0.2) is 0 Å². The lowest BCUT2D eigenvalue weighted by molar-refractivity contribution is -0.274. The number of carbonyl (C=O) groups excluding carboxylic acids is 3. The molecule has 2 saturated heterocycles. The molecule has 1 saturated carbocycles. The minimum absolute atomic E-state index is 0.111. The summed E-state index contributed by atoms with van der Waals surface area (Å²) in [7, 11) is 0. The zero-order valence-corrected chi connectivity index (χ0v) is 16.9. The van der Waals surface area contributed by atoms with Crippen LogP contribution in [-0.2, 0) is 16.1 Å². The molecule has 7 nitrogen and oxygen atoms in total. The largest absolute Gasteiger partial charge is 0.573 e. The van der Waals surface area contributed by atoms with E-state index in [9.17, 15) is 27.6 Å². The van der Waals surface area contributed by atoms with Crippen LogP contribution in [0.5, 0.6) is 5.75 Å². The SMILES string of the molecule is O=C1CC(CN2C(=O)NC3(CCCCC3)C2=O)CN1Cc1ccc(OC(F)(F)F)cc1. The Labute approximate surface area is 177 Å². The van der Waals surface area contributed by atoms with Crippen LogP contribution in [0.4, 0.5) is 18.0 Å². The van der Waals surface area contributed by atoms with Crippen molar-refractivity contribution in [3.8, 4) is 5.75 Å². The molecule has 1 atom stereocenters. The first-order chi connectivity index (χ1) is 14.7. The van der Waals surface area contributed by atoms with E-state index in [4.69, 9.17) is 0 Å². The number of ether oxygens (including phenoxy) is 1. The number of imide groups is 1. The van der Waals surface area contributed by atoms with Crippen molar-refractivity contribution in [2.75, 3.05) is 13.1 Å². The van der Waals surface area contributed by atoms with E-state index in [2.05, 4.69) is 10.1 Å². The van der Waals surface area contributed by atoms with E-state index >= 15 is 0 Å². The normalized spacial score (nSPS) is 23.6. The van der Waals surface area contributed by atoms with Gasteiger partial charge in [0, 0.05) is 32.0 Å². The van der Waals surface area contributed by atoms with Crippen molar-refractivity contribution in [3.05, 3.63) is 29.8 Å². The summed E-state index contributed by atoms with van der Waals surface area (Å²) in [6.07, 6.45) is -0.366. The van der Waals surface area contributed by atoms with Crippen LogP contribution >= 0.6 is 0 Å². The maximum absolute atomic E-state index is 12.9. The van der Waals surface area contributed by atoms with E-state index in [1.54, 1.807) is 4.90 Å². The Morgan fingerprint density at radius 2 is 1.74 bits per heavy atom. The van der Waals surface area contributed by atoms with E-state index in [-0.39, 0.29) is 43.0 Å². The highest BCUT2D eigenvalue weighted by Gasteiger charge is 2.52. The summed E-state index contributed by atoms with van der Waals surface area (Å²) >= 11 is 0. The molecule has 168 valence electrons. The maximum atomic E-state index is 12.9. The average Bonchev–Trinajstić information content (AvgIpc) is 3.15. The second kappa shape index (κ2) is 8.05. The van der Waals surface area contributed by atoms with Crippen molar-refractivity contribution in [3.63, 3.8) is 0 Å². The van der Waals surface area contributed by atoms with Gasteiger partial charge in [-0.05, 0) is 30.5 Å². The Bertz CT molecular complexity index is 866. The third kappa shape index (κ3) is 4.62. The van der Waals surface area contributed by atoms with Gasteiger partial charge in [-0.15, -0.1) is 13.2 Å². The Kier molecular flexibility index (Phi) is 5.57. The number of halogens is 3. The number of alkyl halides is 3. The number of carbonyl (C=O) groups is 3. The second-order valence-electron chi connectivity index (χ2n) is 8.52. The molecule has 0 radical (unpaired) electrons. The molecular weight excluding hydrogens is 415 g/mol. The maximum Gasteiger partial charge on any atom is 0.573 e. The van der Waals surface area contributed by atoms with Crippen LogP contribution < -0.4 is 10.1 Å². The molecule has 10 heteroatoms. The van der Waals surface area contributed by atoms with Crippen molar-refractivity contribution in [1.82, 2.24) is 15.1 Å². The van der Waals surface area contributed by atoms with Crippen LogP contribution in [0, 0.1) is 5.92 Å². The lowest BCUT2D eigenvalue weighted by atomic mass is 9.81. The summed E-state index contributed by atoms with van der Waals surface area (Å²) in [6.45, 7) is 0.808. The molecule has 4 amide bonds. The fourth-order valence-electron chi connectivity index (χ4n) is 4.74. The molecule has 3 aliphatic rings. The van der Waals surface area contributed by atoms with E-state index in [0.717, 1.165) is 19.3 Å². The van der Waals surface area contributed by atoms with Gasteiger partial charge in [0.05, 0.1) is 0 Å². The molecule has 1 aromatic carbocycles. The summed E-state index contributed by atoms with van der Waals surface area (Å²) in [6, 6.07) is 4.98. The lowest BCUT2D eigenvalue weighted by Gasteiger charge is -2.30. The van der Waals surface area contributed by atoms with Gasteiger partial charge in [-0.2, -0.15) is 0 Å². The Hall–Kier alpha value is -2.78. The molecule has 0 aromatic heterocycles. The average molecular weight is 439 g/mol. The molecule has 4 rings (SSSR count). The molecule has 1 aliphatic carbocycles. The summed E-state index contributed by atoms with van der Waals surface area (Å²) in [5.41, 5.74) is -0.114. The quantitative estimate of drug-likeness (QED) is 0.715. The fraction of sp³-hybridized carbons (Fsp3) is 0.571. The number of rotatable bonds is 5. The van der Waals surface area contributed by atoms with Gasteiger partial charge in [-0.3, -0.25) is 14.5 Å². The number of benzene rings is 1. The summed E-state index contributed by atoms with van der Waals surface area (Å²) < 4.78 is 40.7. The first-order valence-electron chi connectivity index (χ1n) is 10.4. The minimum Gasteiger partial charge on any atom is -0.406 e. The Balaban J connectivity index is 1.34. The van der Waals surface area contributed by atoms with Gasteiger partial charge in [0.25, 0.3) is 5.91 Å². The molecule has 1 aromatic rings. The third-order valence-corrected chi connectivity index (χ3v) is 6.22. The third-order valence-electron chi connectivity index (χ3n) is 6.22. The summed E-state index contributed by atoms with van der Waals surface area (Å²) in [4.78, 5) is 40.6. The van der Waals surface area contributed by atoms with Gasteiger partial charge < -0.3 is 15.0 Å². The van der Waals surface area contributed by atoms with Crippen LogP contribution in [0.15, 0.2) is 24.3 Å². The van der Waals surface area contributed by atoms with E-state index < -0.39 is 17.9 Å². The predicted molar refractivity (Wildman–Crippen MR) is 103 cm³/mol. The second-order valence-corrected chi connectivity index (χ2v) is 8.52. The van der Waals surface area contributed by atoms with Gasteiger partial charge in [-0.25, -0.2) is 4.79 Å². The monoisotopic (exact) mass is 439 g/mol. The van der Waals surface area contributed by atoms with Crippen LogP contribution in [0.3, 0.4) is 0 Å². The van der Waals surface area contributed by atoms with Crippen molar-refractivity contribution in [1.29, 1.82) is 0 Å². The molecule has 3 fully saturated rings. The first-order valence-corrected chi connectivity index (χ1v) is 10.4. The number of urea groups is 1. The topological polar surface area (TPSA) is 79.0 Å².